The molecule has 0 aliphatic carbocycles. The lowest BCUT2D eigenvalue weighted by atomic mass is 9.83. The number of esters is 2. The van der Waals surface area contributed by atoms with Crippen molar-refractivity contribution in [3.8, 4) is 34.5 Å². The van der Waals surface area contributed by atoms with Crippen molar-refractivity contribution in [1.82, 2.24) is 0 Å². The fourth-order valence-electron chi connectivity index (χ4n) is 9.17. The molecule has 8 aromatic carbocycles. The monoisotopic (exact) mass is 984 g/mol. The number of aliphatic hydroxyl groups excluding tert-OH is 1. The van der Waals surface area contributed by atoms with E-state index < -0.39 is 11.2 Å². The fraction of sp³-hybridized carbons (Fsp3) is 0.156. The molecule has 2 unspecified atom stereocenters. The molecule has 2 aliphatic rings. The molecule has 2 heterocycles. The van der Waals surface area contributed by atoms with Gasteiger partial charge in [-0.2, -0.15) is 0 Å². The fourth-order valence-corrected chi connectivity index (χ4v) is 9.17. The van der Waals surface area contributed by atoms with Gasteiger partial charge in [0, 0.05) is 46.2 Å². The van der Waals surface area contributed by atoms with Crippen LogP contribution in [0.5, 0.6) is 34.5 Å². The molecule has 74 heavy (non-hydrogen) atoms. The van der Waals surface area contributed by atoms with Crippen molar-refractivity contribution >= 4 is 45.6 Å². The number of ether oxygens (including phenoxy) is 6. The highest BCUT2D eigenvalue weighted by atomic mass is 16.6. The maximum atomic E-state index is 12.2. The second kappa shape index (κ2) is 23.1. The maximum Gasteiger partial charge on any atom is 0.311 e. The Morgan fingerprint density at radius 3 is 1.47 bits per heavy atom. The molecule has 0 amide bonds. The van der Waals surface area contributed by atoms with Crippen LogP contribution in [0.3, 0.4) is 0 Å². The predicted molar refractivity (Wildman–Crippen MR) is 290 cm³/mol. The molecule has 10 heteroatoms. The van der Waals surface area contributed by atoms with Gasteiger partial charge in [0.1, 0.15) is 31.3 Å². The van der Waals surface area contributed by atoms with Crippen LogP contribution in [-0.2, 0) is 25.5 Å². The highest BCUT2D eigenvalue weighted by molar-refractivity contribution is 5.97. The molecule has 0 radical (unpaired) electrons. The third-order valence-corrected chi connectivity index (χ3v) is 12.8. The number of phenolic OH excluding ortho intramolecular Hbond substituents is 1. The Balaban J connectivity index is 0.000000191. The number of aliphatic hydroxyl groups is 1. The molecule has 2 atom stereocenters. The van der Waals surface area contributed by atoms with E-state index in [1.807, 2.05) is 140 Å². The molecule has 372 valence electrons. The highest BCUT2D eigenvalue weighted by Crippen LogP contribution is 2.50. The summed E-state index contributed by atoms with van der Waals surface area (Å²) in [6.45, 7) is 7.67. The van der Waals surface area contributed by atoms with E-state index in [0.29, 0.717) is 41.6 Å². The van der Waals surface area contributed by atoms with Crippen molar-refractivity contribution in [3.63, 3.8) is 0 Å². The minimum absolute atomic E-state index is 0.0841. The van der Waals surface area contributed by atoms with Crippen molar-refractivity contribution in [2.24, 2.45) is 0 Å². The van der Waals surface area contributed by atoms with E-state index >= 15 is 0 Å². The van der Waals surface area contributed by atoms with Gasteiger partial charge in [0.25, 0.3) is 0 Å². The van der Waals surface area contributed by atoms with Gasteiger partial charge in [0.2, 0.25) is 0 Å². The Bertz CT molecular complexity index is 3330. The molecular weight excluding hydrogens is 929 g/mol. The van der Waals surface area contributed by atoms with Gasteiger partial charge >= 0.3 is 11.9 Å². The Morgan fingerprint density at radius 2 is 0.973 bits per heavy atom. The minimum atomic E-state index is -0.989. The quantitative estimate of drug-likeness (QED) is 0.0371. The van der Waals surface area contributed by atoms with Crippen molar-refractivity contribution in [3.05, 3.63) is 241 Å². The SMILES string of the molecule is C=CCCC(=O)OCCOc1cc2ccccc2c2c1OC(c1ccccc1)(c1ccc(OC(=O)CCC=C)cc1)C=C2.OCCOc1cc2ccccc2c2c1OC(c1ccccc1)(c1ccc(O)cc1)C=C2. The summed E-state index contributed by atoms with van der Waals surface area (Å²) in [6, 6.07) is 54.4. The molecule has 0 saturated carbocycles. The highest BCUT2D eigenvalue weighted by Gasteiger charge is 2.40. The molecule has 10 rings (SSSR count). The van der Waals surface area contributed by atoms with Gasteiger partial charge < -0.3 is 38.6 Å². The summed E-state index contributed by atoms with van der Waals surface area (Å²) < 4.78 is 36.7. The number of benzene rings is 8. The standard InChI is InChI=1S/C37H34O6.C27H22O4/c1-3-5-16-34(38)41-25-24-40-33-26-27-12-10-11-15-31(27)32-22-23-37(43-36(32)33,28-13-8-7-9-14-28)29-18-20-30(21-19-29)42-35(39)17-6-4-2;28-16-17-30-25-18-19-6-4-5-9-23(19)24-14-15-27(31-26(24)25,20-7-2-1-3-8-20)21-10-12-22(29)13-11-21/h3-4,7-15,18-23,26H,1-2,5-6,16-17,24-25H2;1-15,18,28-29H,16-17H2. The van der Waals surface area contributed by atoms with Crippen molar-refractivity contribution in [2.45, 2.75) is 36.9 Å². The molecule has 2 N–H and O–H groups in total. The first-order valence-corrected chi connectivity index (χ1v) is 24.6. The molecule has 0 aromatic heterocycles. The van der Waals surface area contributed by atoms with E-state index in [1.54, 1.807) is 36.4 Å². The van der Waals surface area contributed by atoms with Crippen LogP contribution in [0.1, 0.15) is 59.1 Å². The van der Waals surface area contributed by atoms with Crippen LogP contribution in [0.2, 0.25) is 0 Å². The van der Waals surface area contributed by atoms with Crippen LogP contribution in [0.15, 0.2) is 207 Å². The predicted octanol–water partition coefficient (Wildman–Crippen LogP) is 13.2. The van der Waals surface area contributed by atoms with Crippen LogP contribution in [-0.4, -0.2) is 48.6 Å². The largest absolute Gasteiger partial charge is 0.508 e. The van der Waals surface area contributed by atoms with Crippen LogP contribution < -0.4 is 23.7 Å². The van der Waals surface area contributed by atoms with Gasteiger partial charge in [-0.1, -0.05) is 146 Å². The van der Waals surface area contributed by atoms with Gasteiger partial charge in [0.05, 0.1) is 6.61 Å². The molecule has 10 nitrogen and oxygen atoms in total. The molecule has 0 saturated heterocycles. The van der Waals surface area contributed by atoms with Gasteiger partial charge in [-0.15, -0.1) is 13.2 Å². The van der Waals surface area contributed by atoms with E-state index in [1.165, 1.54) is 0 Å². The second-order valence-corrected chi connectivity index (χ2v) is 17.6. The lowest BCUT2D eigenvalue weighted by molar-refractivity contribution is -0.144. The van der Waals surface area contributed by atoms with Crippen LogP contribution in [0, 0.1) is 0 Å². The van der Waals surface area contributed by atoms with Gasteiger partial charge in [0.15, 0.2) is 34.2 Å². The first-order valence-electron chi connectivity index (χ1n) is 24.6. The zero-order valence-corrected chi connectivity index (χ0v) is 40.9. The van der Waals surface area contributed by atoms with E-state index in [-0.39, 0.29) is 57.0 Å². The van der Waals surface area contributed by atoms with Crippen molar-refractivity contribution in [1.29, 1.82) is 0 Å². The maximum absolute atomic E-state index is 12.2. The Kier molecular flexibility index (Phi) is 15.7. The van der Waals surface area contributed by atoms with Crippen molar-refractivity contribution < 1.29 is 48.2 Å². The number of allylic oxidation sites excluding steroid dienone is 2. The molecule has 8 aromatic rings. The van der Waals surface area contributed by atoms with Crippen LogP contribution in [0.25, 0.3) is 33.7 Å². The Labute approximate surface area is 430 Å². The zero-order valence-electron chi connectivity index (χ0n) is 40.9. The Hall–Kier alpha value is -8.86. The summed E-state index contributed by atoms with van der Waals surface area (Å²) in [6.07, 6.45) is 13.3. The third kappa shape index (κ3) is 10.8. The molecule has 0 fully saturated rings. The van der Waals surface area contributed by atoms with Gasteiger partial charge in [-0.25, -0.2) is 0 Å². The number of phenols is 1. The van der Waals surface area contributed by atoms with E-state index in [9.17, 15) is 19.8 Å². The second-order valence-electron chi connectivity index (χ2n) is 17.6. The number of fused-ring (bicyclic) bond motifs is 6. The lowest BCUT2D eigenvalue weighted by Crippen LogP contribution is -2.34. The number of carbonyl (C=O) groups excluding carboxylic acids is 2. The zero-order chi connectivity index (χ0) is 51.3. The van der Waals surface area contributed by atoms with Crippen molar-refractivity contribution in [2.75, 3.05) is 26.4 Å². The van der Waals surface area contributed by atoms with E-state index in [2.05, 4.69) is 43.5 Å². The van der Waals surface area contributed by atoms with E-state index in [4.69, 9.17) is 28.4 Å². The van der Waals surface area contributed by atoms with E-state index in [0.717, 1.165) is 54.9 Å². The smallest absolute Gasteiger partial charge is 0.311 e. The first-order chi connectivity index (χ1) is 36.2. The van der Waals surface area contributed by atoms with Gasteiger partial charge in [-0.05, 0) is 95.1 Å². The summed E-state index contributed by atoms with van der Waals surface area (Å²) in [5.74, 6) is 2.41. The summed E-state index contributed by atoms with van der Waals surface area (Å²) in [5, 5.41) is 23.3. The summed E-state index contributed by atoms with van der Waals surface area (Å²) in [4.78, 5) is 24.1. The van der Waals surface area contributed by atoms with Gasteiger partial charge in [-0.3, -0.25) is 9.59 Å². The third-order valence-electron chi connectivity index (χ3n) is 12.8. The number of aromatic hydroxyl groups is 1. The topological polar surface area (TPSA) is 130 Å². The molecule has 2 aliphatic heterocycles. The summed E-state index contributed by atoms with van der Waals surface area (Å²) in [7, 11) is 0. The minimum Gasteiger partial charge on any atom is -0.508 e. The number of hydrogen-bond acceptors (Lipinski definition) is 10. The Morgan fingerprint density at radius 1 is 0.527 bits per heavy atom. The molecular formula is C64H56O10. The number of hydrogen-bond donors (Lipinski definition) is 2. The average molecular weight is 985 g/mol. The van der Waals surface area contributed by atoms with Crippen LogP contribution >= 0.6 is 0 Å². The normalized spacial score (nSPS) is 16.0. The first kappa shape index (κ1) is 50.1. The molecule has 0 spiro atoms. The summed E-state index contributed by atoms with van der Waals surface area (Å²) in [5.41, 5.74) is 3.58. The summed E-state index contributed by atoms with van der Waals surface area (Å²) >= 11 is 0. The average Bonchev–Trinajstić information content (AvgIpc) is 3.45. The van der Waals surface area contributed by atoms with Crippen LogP contribution in [0.4, 0.5) is 0 Å². The number of rotatable bonds is 18. The number of carbonyl (C=O) groups is 2. The molecule has 0 bridgehead atoms. The lowest BCUT2D eigenvalue weighted by Gasteiger charge is -2.37.